The Kier molecular flexibility index (Phi) is 6.56. The van der Waals surface area contributed by atoms with Crippen molar-refractivity contribution < 1.29 is 9.47 Å². The van der Waals surface area contributed by atoms with Gasteiger partial charge in [0.25, 0.3) is 0 Å². The van der Waals surface area contributed by atoms with Crippen molar-refractivity contribution in [2.45, 2.75) is 24.1 Å². The minimum absolute atomic E-state index is 0.453. The topological polar surface area (TPSA) is 75.0 Å². The molecular formula is C22H21N5O2S. The number of thioether (sulfide) groups is 1. The van der Waals surface area contributed by atoms with Gasteiger partial charge < -0.3 is 9.47 Å². The van der Waals surface area contributed by atoms with E-state index in [1.54, 1.807) is 29.8 Å². The fourth-order valence-electron chi connectivity index (χ4n) is 2.77. The first-order valence-electron chi connectivity index (χ1n) is 9.44. The van der Waals surface area contributed by atoms with E-state index >= 15 is 0 Å². The first-order chi connectivity index (χ1) is 14.8. The van der Waals surface area contributed by atoms with Gasteiger partial charge in [0.05, 0.1) is 19.3 Å². The molecule has 7 nitrogen and oxygen atoms in total. The molecule has 0 fully saturated rings. The van der Waals surface area contributed by atoms with Crippen molar-refractivity contribution in [3.05, 3.63) is 89.7 Å². The minimum Gasteiger partial charge on any atom is -0.497 e. The minimum atomic E-state index is 0.453. The predicted octanol–water partition coefficient (Wildman–Crippen LogP) is 4.00. The van der Waals surface area contributed by atoms with Crippen LogP contribution in [0.3, 0.4) is 0 Å². The molecule has 2 heterocycles. The number of methoxy groups -OCH3 is 1. The molecule has 0 saturated carbocycles. The lowest BCUT2D eigenvalue weighted by molar-refractivity contribution is 0.301. The molecule has 2 aromatic carbocycles. The van der Waals surface area contributed by atoms with E-state index in [0.29, 0.717) is 13.2 Å². The quantitative estimate of drug-likeness (QED) is 0.380. The van der Waals surface area contributed by atoms with Gasteiger partial charge in [-0.1, -0.05) is 42.1 Å². The van der Waals surface area contributed by atoms with Crippen molar-refractivity contribution in [1.82, 2.24) is 25.2 Å². The van der Waals surface area contributed by atoms with Crippen molar-refractivity contribution in [3.8, 4) is 11.5 Å². The van der Waals surface area contributed by atoms with Crippen molar-refractivity contribution in [1.29, 1.82) is 0 Å². The predicted molar refractivity (Wildman–Crippen MR) is 114 cm³/mol. The Balaban J connectivity index is 1.31. The number of hydrogen-bond acceptors (Lipinski definition) is 7. The van der Waals surface area contributed by atoms with Gasteiger partial charge in [-0.25, -0.2) is 4.68 Å². The van der Waals surface area contributed by atoms with Crippen molar-refractivity contribution in [2.75, 3.05) is 7.11 Å². The van der Waals surface area contributed by atoms with E-state index in [0.717, 1.165) is 33.7 Å². The maximum Gasteiger partial charge on any atom is 0.209 e. The summed E-state index contributed by atoms with van der Waals surface area (Å²) < 4.78 is 12.8. The van der Waals surface area contributed by atoms with Gasteiger partial charge in [0.1, 0.15) is 18.1 Å². The molecule has 30 heavy (non-hydrogen) atoms. The third-order valence-corrected chi connectivity index (χ3v) is 5.42. The van der Waals surface area contributed by atoms with Crippen LogP contribution in [0.4, 0.5) is 0 Å². The van der Waals surface area contributed by atoms with Crippen LogP contribution < -0.4 is 9.47 Å². The van der Waals surface area contributed by atoms with E-state index < -0.39 is 0 Å². The summed E-state index contributed by atoms with van der Waals surface area (Å²) in [6, 6.07) is 21.7. The molecule has 0 unspecified atom stereocenters. The summed E-state index contributed by atoms with van der Waals surface area (Å²) >= 11 is 1.60. The summed E-state index contributed by atoms with van der Waals surface area (Å²) in [6.07, 6.45) is 1.77. The zero-order valence-corrected chi connectivity index (χ0v) is 17.3. The van der Waals surface area contributed by atoms with Crippen molar-refractivity contribution in [2.24, 2.45) is 0 Å². The second-order valence-corrected chi connectivity index (χ2v) is 7.45. The monoisotopic (exact) mass is 419 g/mol. The maximum absolute atomic E-state index is 5.78. The van der Waals surface area contributed by atoms with Gasteiger partial charge in [-0.05, 0) is 58.0 Å². The molecule has 2 aromatic heterocycles. The van der Waals surface area contributed by atoms with E-state index in [1.165, 1.54) is 5.56 Å². The first-order valence-corrected chi connectivity index (χ1v) is 10.4. The van der Waals surface area contributed by atoms with E-state index in [1.807, 2.05) is 54.6 Å². The fraction of sp³-hybridized carbons (Fsp3) is 0.182. The molecule has 4 rings (SSSR count). The lowest BCUT2D eigenvalue weighted by atomic mass is 10.2. The zero-order chi connectivity index (χ0) is 20.6. The highest BCUT2D eigenvalue weighted by Gasteiger charge is 2.08. The SMILES string of the molecule is COc1ccc(Cn2nnnc2SCc2ccc(OCc3ccccn3)cc2)cc1. The third-order valence-electron chi connectivity index (χ3n) is 4.39. The lowest BCUT2D eigenvalue weighted by Crippen LogP contribution is -2.04. The van der Waals surface area contributed by atoms with Gasteiger partial charge in [-0.2, -0.15) is 0 Å². The molecule has 0 amide bonds. The highest BCUT2D eigenvalue weighted by molar-refractivity contribution is 7.98. The number of hydrogen-bond donors (Lipinski definition) is 0. The first kappa shape index (κ1) is 19.9. The molecule has 0 saturated heterocycles. The lowest BCUT2D eigenvalue weighted by Gasteiger charge is -2.07. The average molecular weight is 420 g/mol. The van der Waals surface area contributed by atoms with Crippen LogP contribution in [0.5, 0.6) is 11.5 Å². The number of pyridine rings is 1. The Morgan fingerprint density at radius 3 is 2.40 bits per heavy atom. The Labute approximate surface area is 179 Å². The summed E-state index contributed by atoms with van der Waals surface area (Å²) in [7, 11) is 1.66. The van der Waals surface area contributed by atoms with E-state index in [9.17, 15) is 0 Å². The van der Waals surface area contributed by atoms with Gasteiger partial charge in [0.2, 0.25) is 5.16 Å². The van der Waals surface area contributed by atoms with Gasteiger partial charge in [-0.3, -0.25) is 4.98 Å². The van der Waals surface area contributed by atoms with E-state index in [2.05, 4.69) is 32.6 Å². The van der Waals surface area contributed by atoms with Crippen LogP contribution in [0.15, 0.2) is 78.1 Å². The molecule has 152 valence electrons. The van der Waals surface area contributed by atoms with E-state index in [-0.39, 0.29) is 0 Å². The second-order valence-electron chi connectivity index (χ2n) is 6.51. The summed E-state index contributed by atoms with van der Waals surface area (Å²) in [6.45, 7) is 1.06. The maximum atomic E-state index is 5.78. The number of tetrazole rings is 1. The molecule has 0 radical (unpaired) electrons. The van der Waals surface area contributed by atoms with E-state index in [4.69, 9.17) is 9.47 Å². The molecule has 8 heteroatoms. The van der Waals surface area contributed by atoms with Gasteiger partial charge >= 0.3 is 0 Å². The van der Waals surface area contributed by atoms with Crippen LogP contribution in [-0.4, -0.2) is 32.3 Å². The standard InChI is InChI=1S/C22H21N5O2S/c1-28-20-9-5-17(6-10-20)14-27-22(24-25-26-27)30-16-18-7-11-21(12-8-18)29-15-19-4-2-3-13-23-19/h2-13H,14-16H2,1H3. The average Bonchev–Trinajstić information content (AvgIpc) is 3.25. The summed E-state index contributed by atoms with van der Waals surface area (Å²) in [5.74, 6) is 2.42. The highest BCUT2D eigenvalue weighted by Crippen LogP contribution is 2.23. The normalized spacial score (nSPS) is 10.7. The largest absolute Gasteiger partial charge is 0.497 e. The van der Waals surface area contributed by atoms with Crippen LogP contribution in [0.2, 0.25) is 0 Å². The molecule has 0 bridgehead atoms. The molecule has 0 N–H and O–H groups in total. The highest BCUT2D eigenvalue weighted by atomic mass is 32.2. The van der Waals surface area contributed by atoms with Crippen LogP contribution in [0.25, 0.3) is 0 Å². The smallest absolute Gasteiger partial charge is 0.209 e. The number of benzene rings is 2. The number of aromatic nitrogens is 5. The third kappa shape index (κ3) is 5.36. The molecule has 0 aliphatic carbocycles. The molecule has 0 atom stereocenters. The van der Waals surface area contributed by atoms with Crippen molar-refractivity contribution >= 4 is 11.8 Å². The van der Waals surface area contributed by atoms with Gasteiger partial charge in [-0.15, -0.1) is 5.10 Å². The van der Waals surface area contributed by atoms with Crippen LogP contribution >= 0.6 is 11.8 Å². The van der Waals surface area contributed by atoms with Crippen LogP contribution in [0.1, 0.15) is 16.8 Å². The molecule has 0 spiro atoms. The number of ether oxygens (including phenoxy) is 2. The van der Waals surface area contributed by atoms with Gasteiger partial charge in [0, 0.05) is 11.9 Å². The Bertz CT molecular complexity index is 1050. The van der Waals surface area contributed by atoms with Crippen molar-refractivity contribution in [3.63, 3.8) is 0 Å². The summed E-state index contributed by atoms with van der Waals surface area (Å²) in [5.41, 5.74) is 3.18. The number of rotatable bonds is 9. The Morgan fingerprint density at radius 2 is 1.67 bits per heavy atom. The summed E-state index contributed by atoms with van der Waals surface area (Å²) in [4.78, 5) is 4.26. The molecule has 4 aromatic rings. The van der Waals surface area contributed by atoms with Crippen LogP contribution in [-0.2, 0) is 18.9 Å². The second kappa shape index (κ2) is 9.89. The number of nitrogens with zero attached hydrogens (tertiary/aromatic N) is 5. The zero-order valence-electron chi connectivity index (χ0n) is 16.5. The van der Waals surface area contributed by atoms with Gasteiger partial charge in [0.15, 0.2) is 0 Å². The van der Waals surface area contributed by atoms with Crippen LogP contribution in [0, 0.1) is 0 Å². The molecule has 0 aliphatic rings. The molecular weight excluding hydrogens is 398 g/mol. The molecule has 0 aliphatic heterocycles. The summed E-state index contributed by atoms with van der Waals surface area (Å²) in [5, 5.41) is 12.9. The fourth-order valence-corrected chi connectivity index (χ4v) is 3.61. The Hall–Kier alpha value is -3.39. The Morgan fingerprint density at radius 1 is 0.900 bits per heavy atom.